The molecule has 0 aliphatic heterocycles. The largest absolute Gasteiger partial charge is 0.495 e. The molecule has 0 aliphatic carbocycles. The Bertz CT molecular complexity index is 591. The first-order chi connectivity index (χ1) is 9.29. The Labute approximate surface area is 110 Å². The molecule has 9 heteroatoms. The summed E-state index contributed by atoms with van der Waals surface area (Å²) in [5.74, 6) is -3.11. The number of alkyl halides is 3. The number of hydrazone groups is 1. The van der Waals surface area contributed by atoms with Crippen LogP contribution in [0.5, 0.6) is 5.75 Å². The Balaban J connectivity index is 2.92. The molecule has 1 N–H and O–H groups in total. The van der Waals surface area contributed by atoms with Crippen molar-refractivity contribution in [3.8, 4) is 11.8 Å². The molecule has 0 saturated heterocycles. The van der Waals surface area contributed by atoms with E-state index < -0.39 is 17.8 Å². The maximum atomic E-state index is 13.5. The minimum Gasteiger partial charge on any atom is -0.495 e. The van der Waals surface area contributed by atoms with Crippen LogP contribution in [0.25, 0.3) is 0 Å². The van der Waals surface area contributed by atoms with Gasteiger partial charge in [0.15, 0.2) is 0 Å². The number of hydrogen-bond donors (Lipinski definition) is 1. The predicted octanol–water partition coefficient (Wildman–Crippen LogP) is 2.24. The molecular formula is C11H7F4N3O2. The van der Waals surface area contributed by atoms with Crippen LogP contribution < -0.4 is 10.2 Å². The smallest absolute Gasteiger partial charge is 0.455 e. The third-order valence-electron chi connectivity index (χ3n) is 2.06. The fraction of sp³-hybridized carbons (Fsp3) is 0.182. The predicted molar refractivity (Wildman–Crippen MR) is 60.8 cm³/mol. The third kappa shape index (κ3) is 3.68. The molecule has 0 atom stereocenters. The highest BCUT2D eigenvalue weighted by atomic mass is 19.4. The van der Waals surface area contributed by atoms with Crippen molar-refractivity contribution in [3.05, 3.63) is 23.5 Å². The second-order valence-corrected chi connectivity index (χ2v) is 3.38. The molecule has 0 amide bonds. The fourth-order valence-corrected chi connectivity index (χ4v) is 1.13. The van der Waals surface area contributed by atoms with Crippen LogP contribution >= 0.6 is 0 Å². The zero-order valence-electron chi connectivity index (χ0n) is 9.95. The van der Waals surface area contributed by atoms with Gasteiger partial charge in [-0.15, -0.1) is 0 Å². The number of ether oxygens (including phenoxy) is 1. The van der Waals surface area contributed by atoms with Gasteiger partial charge in [-0.1, -0.05) is 0 Å². The van der Waals surface area contributed by atoms with E-state index in [-0.39, 0.29) is 23.2 Å². The van der Waals surface area contributed by atoms with Gasteiger partial charge in [0.2, 0.25) is 0 Å². The summed E-state index contributed by atoms with van der Waals surface area (Å²) in [5.41, 5.74) is 1.49. The van der Waals surface area contributed by atoms with E-state index in [1.807, 2.05) is 5.43 Å². The number of nitrogens with zero attached hydrogens (tertiary/aromatic N) is 2. The van der Waals surface area contributed by atoms with Gasteiger partial charge in [0.05, 0.1) is 24.6 Å². The van der Waals surface area contributed by atoms with Crippen LogP contribution in [0.1, 0.15) is 5.56 Å². The molecule has 0 aromatic heterocycles. The van der Waals surface area contributed by atoms with Crippen molar-refractivity contribution in [1.82, 2.24) is 0 Å². The summed E-state index contributed by atoms with van der Waals surface area (Å²) in [4.78, 5) is 10.5. The summed E-state index contributed by atoms with van der Waals surface area (Å²) in [6.45, 7) is 0. The summed E-state index contributed by atoms with van der Waals surface area (Å²) < 4.78 is 53.9. The van der Waals surface area contributed by atoms with Crippen molar-refractivity contribution in [2.75, 3.05) is 12.5 Å². The van der Waals surface area contributed by atoms with Crippen LogP contribution in [0.15, 0.2) is 17.2 Å². The first-order valence-electron chi connectivity index (χ1n) is 4.97. The van der Waals surface area contributed by atoms with Crippen molar-refractivity contribution >= 4 is 17.7 Å². The highest BCUT2D eigenvalue weighted by molar-refractivity contribution is 6.30. The lowest BCUT2D eigenvalue weighted by Gasteiger charge is -2.07. The molecule has 0 bridgehead atoms. The van der Waals surface area contributed by atoms with Crippen molar-refractivity contribution in [1.29, 1.82) is 5.26 Å². The number of methoxy groups -OCH3 is 1. The lowest BCUT2D eigenvalue weighted by molar-refractivity contribution is -0.162. The van der Waals surface area contributed by atoms with Crippen LogP contribution in [0.3, 0.4) is 0 Å². The van der Waals surface area contributed by atoms with Gasteiger partial charge >= 0.3 is 6.18 Å². The van der Waals surface area contributed by atoms with Gasteiger partial charge in [-0.05, 0) is 6.07 Å². The van der Waals surface area contributed by atoms with Crippen molar-refractivity contribution in [2.45, 2.75) is 6.18 Å². The molecule has 1 aromatic rings. The number of benzene rings is 1. The maximum Gasteiger partial charge on any atom is 0.455 e. The topological polar surface area (TPSA) is 74.5 Å². The van der Waals surface area contributed by atoms with E-state index in [1.54, 1.807) is 6.07 Å². The lowest BCUT2D eigenvalue weighted by atomic mass is 10.2. The van der Waals surface area contributed by atoms with Crippen molar-refractivity contribution < 1.29 is 27.1 Å². The van der Waals surface area contributed by atoms with E-state index in [4.69, 9.17) is 10.00 Å². The lowest BCUT2D eigenvalue weighted by Crippen LogP contribution is -2.24. The minimum absolute atomic E-state index is 0.00810. The third-order valence-corrected chi connectivity index (χ3v) is 2.06. The minimum atomic E-state index is -5.05. The quantitative estimate of drug-likeness (QED) is 0.524. The zero-order valence-corrected chi connectivity index (χ0v) is 9.95. The molecule has 5 nitrogen and oxygen atoms in total. The molecule has 0 saturated carbocycles. The van der Waals surface area contributed by atoms with Gasteiger partial charge < -0.3 is 4.74 Å². The number of carbonyl (C=O) groups is 1. The fourth-order valence-electron chi connectivity index (χ4n) is 1.13. The molecular weight excluding hydrogens is 282 g/mol. The molecule has 0 aliphatic rings. The molecule has 0 unspecified atom stereocenters. The van der Waals surface area contributed by atoms with E-state index >= 15 is 0 Å². The molecule has 0 fully saturated rings. The van der Waals surface area contributed by atoms with Gasteiger partial charge in [-0.25, -0.2) is 4.39 Å². The normalized spacial score (nSPS) is 11.2. The molecule has 20 heavy (non-hydrogen) atoms. The van der Waals surface area contributed by atoms with Crippen LogP contribution in [-0.4, -0.2) is 25.3 Å². The second kappa shape index (κ2) is 6.01. The van der Waals surface area contributed by atoms with E-state index in [1.165, 1.54) is 7.11 Å². The first-order valence-corrected chi connectivity index (χ1v) is 4.97. The molecule has 0 heterocycles. The van der Waals surface area contributed by atoms with Gasteiger partial charge in [0.1, 0.15) is 17.6 Å². The monoisotopic (exact) mass is 289 g/mol. The van der Waals surface area contributed by atoms with E-state index in [0.717, 1.165) is 12.1 Å². The van der Waals surface area contributed by atoms with Gasteiger partial charge in [0, 0.05) is 6.07 Å². The zero-order chi connectivity index (χ0) is 15.3. The molecule has 1 rings (SSSR count). The summed E-state index contributed by atoms with van der Waals surface area (Å²) in [6, 6.07) is 3.53. The van der Waals surface area contributed by atoms with Crippen molar-refractivity contribution in [3.63, 3.8) is 0 Å². The Hall–Kier alpha value is -2.63. The van der Waals surface area contributed by atoms with E-state index in [2.05, 4.69) is 5.10 Å². The number of ketones is 1. The first kappa shape index (κ1) is 15.4. The number of hydrogen-bond acceptors (Lipinski definition) is 5. The summed E-state index contributed by atoms with van der Waals surface area (Å²) in [6.07, 6.45) is -5.07. The molecule has 0 radical (unpaired) electrons. The highest BCUT2D eigenvalue weighted by Gasteiger charge is 2.36. The van der Waals surface area contributed by atoms with Crippen molar-refractivity contribution in [2.24, 2.45) is 5.10 Å². The Kier molecular flexibility index (Phi) is 4.63. The molecule has 106 valence electrons. The number of carbonyl (C=O) groups excluding carboxylic acids is 1. The number of anilines is 1. The maximum absolute atomic E-state index is 13.5. The van der Waals surface area contributed by atoms with E-state index in [0.29, 0.717) is 0 Å². The number of Topliss-reactive ketones (excluding diaryl/α,β-unsaturated/α-hetero) is 1. The highest BCUT2D eigenvalue weighted by Crippen LogP contribution is 2.25. The standard InChI is InChI=1S/C11H7F4N3O2/c1-20-9-3-8(7(12)2-6(9)4-16)18-17-5-10(19)11(13,14)15/h2-3,5,18H,1H3/b17-5+. The number of nitrogens with one attached hydrogen (secondary N) is 1. The van der Waals surface area contributed by atoms with E-state index in [9.17, 15) is 22.4 Å². The summed E-state index contributed by atoms with van der Waals surface area (Å²) in [7, 11) is 1.23. The van der Waals surface area contributed by atoms with Gasteiger partial charge in [0.25, 0.3) is 5.78 Å². The average Bonchev–Trinajstić information content (AvgIpc) is 2.38. The van der Waals surface area contributed by atoms with Gasteiger partial charge in [-0.3, -0.25) is 10.2 Å². The Morgan fingerprint density at radius 2 is 2.15 bits per heavy atom. The Morgan fingerprint density at radius 1 is 1.50 bits per heavy atom. The SMILES string of the molecule is COc1cc(N/N=C/C(=O)C(F)(F)F)c(F)cc1C#N. The Morgan fingerprint density at radius 3 is 2.65 bits per heavy atom. The second-order valence-electron chi connectivity index (χ2n) is 3.38. The summed E-state index contributed by atoms with van der Waals surface area (Å²) >= 11 is 0. The summed E-state index contributed by atoms with van der Waals surface area (Å²) in [5, 5.41) is 11.7. The van der Waals surface area contributed by atoms with Crippen LogP contribution in [0, 0.1) is 17.1 Å². The van der Waals surface area contributed by atoms with Crippen LogP contribution in [0.4, 0.5) is 23.2 Å². The van der Waals surface area contributed by atoms with Gasteiger partial charge in [-0.2, -0.15) is 23.5 Å². The number of rotatable bonds is 4. The van der Waals surface area contributed by atoms with Crippen LogP contribution in [-0.2, 0) is 4.79 Å². The molecule has 0 spiro atoms. The van der Waals surface area contributed by atoms with Crippen LogP contribution in [0.2, 0.25) is 0 Å². The number of nitriles is 1. The number of halogens is 4. The average molecular weight is 289 g/mol. The molecule has 1 aromatic carbocycles.